The van der Waals surface area contributed by atoms with E-state index in [0.29, 0.717) is 13.1 Å². The third-order valence-electron chi connectivity index (χ3n) is 3.88. The van der Waals surface area contributed by atoms with Gasteiger partial charge in [-0.15, -0.1) is 0 Å². The molecule has 1 aromatic carbocycles. The zero-order chi connectivity index (χ0) is 16.4. The summed E-state index contributed by atoms with van der Waals surface area (Å²) in [5.74, 6) is 0. The lowest BCUT2D eigenvalue weighted by Gasteiger charge is -2.35. The van der Waals surface area contributed by atoms with Crippen LogP contribution in [0.4, 0.5) is 0 Å². The molecule has 1 atom stereocenters. The zero-order valence-electron chi connectivity index (χ0n) is 13.5. The van der Waals surface area contributed by atoms with Crippen molar-refractivity contribution in [1.29, 1.82) is 0 Å². The summed E-state index contributed by atoms with van der Waals surface area (Å²) >= 11 is 13.5. The molecule has 1 fully saturated rings. The topological polar surface area (TPSA) is 51.4 Å². The standard InChI is InChI=1S/C16H27Cl2N5/c17-16(15-4-2-1-3-5-15)14-22-11-10-20-7-6-19-8-9-21-12-13-23(16)18/h1-5,19-22H,6-14H2. The molecule has 0 spiro atoms. The van der Waals surface area contributed by atoms with Crippen molar-refractivity contribution >= 4 is 23.4 Å². The van der Waals surface area contributed by atoms with Crippen molar-refractivity contribution in [1.82, 2.24) is 25.7 Å². The maximum atomic E-state index is 6.92. The van der Waals surface area contributed by atoms with E-state index in [0.717, 1.165) is 51.4 Å². The van der Waals surface area contributed by atoms with Crippen LogP contribution in [0.2, 0.25) is 0 Å². The van der Waals surface area contributed by atoms with Crippen LogP contribution in [0.5, 0.6) is 0 Å². The normalized spacial score (nSPS) is 27.0. The first-order valence-corrected chi connectivity index (χ1v) is 8.96. The van der Waals surface area contributed by atoms with Crippen molar-refractivity contribution in [3.8, 4) is 0 Å². The Balaban J connectivity index is 2.02. The van der Waals surface area contributed by atoms with E-state index >= 15 is 0 Å². The lowest BCUT2D eigenvalue weighted by atomic mass is 10.1. The molecule has 1 heterocycles. The Labute approximate surface area is 149 Å². The second-order valence-electron chi connectivity index (χ2n) is 5.64. The summed E-state index contributed by atoms with van der Waals surface area (Å²) in [6, 6.07) is 10.0. The highest BCUT2D eigenvalue weighted by Crippen LogP contribution is 2.34. The fraction of sp³-hybridized carbons (Fsp3) is 0.625. The Bertz CT molecular complexity index is 434. The van der Waals surface area contributed by atoms with Crippen LogP contribution in [-0.4, -0.2) is 63.3 Å². The molecule has 0 aliphatic carbocycles. The number of nitrogens with zero attached hydrogens (tertiary/aromatic N) is 1. The second kappa shape index (κ2) is 10.5. The quantitative estimate of drug-likeness (QED) is 0.341. The van der Waals surface area contributed by atoms with Crippen molar-refractivity contribution < 1.29 is 0 Å². The molecule has 4 N–H and O–H groups in total. The highest BCUT2D eigenvalue weighted by Gasteiger charge is 2.35. The van der Waals surface area contributed by atoms with Crippen molar-refractivity contribution in [2.24, 2.45) is 0 Å². The van der Waals surface area contributed by atoms with Crippen LogP contribution in [0.25, 0.3) is 0 Å². The summed E-state index contributed by atoms with van der Waals surface area (Å²) in [5, 5.41) is 13.6. The summed E-state index contributed by atoms with van der Waals surface area (Å²) in [6.07, 6.45) is 0. The van der Waals surface area contributed by atoms with E-state index in [1.165, 1.54) is 0 Å². The molecule has 0 aromatic heterocycles. The van der Waals surface area contributed by atoms with E-state index < -0.39 is 5.00 Å². The molecule has 1 aromatic rings. The fourth-order valence-corrected chi connectivity index (χ4v) is 3.08. The molecule has 5 nitrogen and oxygen atoms in total. The molecule has 130 valence electrons. The first-order valence-electron chi connectivity index (χ1n) is 8.24. The molecular weight excluding hydrogens is 333 g/mol. The van der Waals surface area contributed by atoms with E-state index in [9.17, 15) is 0 Å². The van der Waals surface area contributed by atoms with Gasteiger partial charge in [-0.2, -0.15) is 4.42 Å². The van der Waals surface area contributed by atoms with Gasteiger partial charge in [-0.3, -0.25) is 0 Å². The summed E-state index contributed by atoms with van der Waals surface area (Å²) in [6.45, 7) is 7.62. The predicted molar refractivity (Wildman–Crippen MR) is 98.0 cm³/mol. The first-order chi connectivity index (χ1) is 11.2. The van der Waals surface area contributed by atoms with E-state index in [2.05, 4.69) is 21.3 Å². The molecular formula is C16H27Cl2N5. The van der Waals surface area contributed by atoms with Crippen LogP contribution in [0.3, 0.4) is 0 Å². The van der Waals surface area contributed by atoms with Crippen LogP contribution in [0, 0.1) is 0 Å². The first kappa shape index (κ1) is 18.9. The Hall–Kier alpha value is -0.400. The van der Waals surface area contributed by atoms with E-state index in [4.69, 9.17) is 23.4 Å². The number of benzene rings is 1. The van der Waals surface area contributed by atoms with Gasteiger partial charge in [0.25, 0.3) is 0 Å². The van der Waals surface area contributed by atoms with Crippen LogP contribution in [0.15, 0.2) is 30.3 Å². The van der Waals surface area contributed by atoms with E-state index in [-0.39, 0.29) is 0 Å². The van der Waals surface area contributed by atoms with Gasteiger partial charge in [-0.1, -0.05) is 41.9 Å². The number of halogens is 2. The van der Waals surface area contributed by atoms with Gasteiger partial charge in [0.15, 0.2) is 0 Å². The Morgan fingerprint density at radius 2 is 1.30 bits per heavy atom. The molecule has 1 aliphatic rings. The molecule has 0 bridgehead atoms. The molecule has 23 heavy (non-hydrogen) atoms. The van der Waals surface area contributed by atoms with Gasteiger partial charge in [-0.05, 0) is 17.3 Å². The van der Waals surface area contributed by atoms with Crippen molar-refractivity contribution in [2.45, 2.75) is 5.00 Å². The van der Waals surface area contributed by atoms with Gasteiger partial charge < -0.3 is 21.3 Å². The summed E-state index contributed by atoms with van der Waals surface area (Å²) < 4.78 is 1.70. The maximum Gasteiger partial charge on any atom is 0.147 e. The Morgan fingerprint density at radius 3 is 1.91 bits per heavy atom. The second-order valence-corrected chi connectivity index (χ2v) is 6.67. The molecule has 1 unspecified atom stereocenters. The van der Waals surface area contributed by atoms with Gasteiger partial charge in [0.2, 0.25) is 0 Å². The Morgan fingerprint density at radius 1 is 0.783 bits per heavy atom. The highest BCUT2D eigenvalue weighted by molar-refractivity contribution is 6.28. The predicted octanol–water partition coefficient (Wildman–Crippen LogP) is 0.906. The molecule has 0 amide bonds. The maximum absolute atomic E-state index is 6.92. The lowest BCUT2D eigenvalue weighted by molar-refractivity contribution is 0.283. The third kappa shape index (κ3) is 6.19. The lowest BCUT2D eigenvalue weighted by Crippen LogP contribution is -2.47. The van der Waals surface area contributed by atoms with Gasteiger partial charge in [0.05, 0.1) is 0 Å². The third-order valence-corrected chi connectivity index (χ3v) is 4.98. The number of nitrogens with one attached hydrogen (secondary N) is 4. The summed E-state index contributed by atoms with van der Waals surface area (Å²) in [7, 11) is 0. The molecule has 1 aliphatic heterocycles. The number of hydrogen-bond donors (Lipinski definition) is 4. The smallest absolute Gasteiger partial charge is 0.147 e. The van der Waals surface area contributed by atoms with Crippen LogP contribution >= 0.6 is 23.4 Å². The molecule has 2 rings (SSSR count). The average molecular weight is 360 g/mol. The largest absolute Gasteiger partial charge is 0.314 e. The van der Waals surface area contributed by atoms with Gasteiger partial charge in [0.1, 0.15) is 5.00 Å². The minimum Gasteiger partial charge on any atom is -0.314 e. The Kier molecular flexibility index (Phi) is 8.61. The SMILES string of the molecule is ClN1CCNCCNCCNCCNCC1(Cl)c1ccccc1. The number of alkyl halides is 1. The van der Waals surface area contributed by atoms with Gasteiger partial charge >= 0.3 is 0 Å². The molecule has 0 saturated carbocycles. The van der Waals surface area contributed by atoms with Crippen molar-refractivity contribution in [2.75, 3.05) is 58.9 Å². The van der Waals surface area contributed by atoms with Crippen LogP contribution in [-0.2, 0) is 5.00 Å². The van der Waals surface area contributed by atoms with E-state index in [1.807, 2.05) is 30.3 Å². The van der Waals surface area contributed by atoms with Crippen LogP contribution in [0.1, 0.15) is 5.56 Å². The van der Waals surface area contributed by atoms with Crippen LogP contribution < -0.4 is 21.3 Å². The molecule has 0 radical (unpaired) electrons. The van der Waals surface area contributed by atoms with Gasteiger partial charge in [-0.25, -0.2) is 0 Å². The summed E-state index contributed by atoms with van der Waals surface area (Å²) in [5.41, 5.74) is 1.00. The molecule has 7 heteroatoms. The highest BCUT2D eigenvalue weighted by atomic mass is 35.5. The van der Waals surface area contributed by atoms with Crippen molar-refractivity contribution in [3.05, 3.63) is 35.9 Å². The zero-order valence-corrected chi connectivity index (χ0v) is 15.0. The van der Waals surface area contributed by atoms with Gasteiger partial charge in [0, 0.05) is 58.9 Å². The monoisotopic (exact) mass is 359 g/mol. The molecule has 1 saturated heterocycles. The van der Waals surface area contributed by atoms with Crippen molar-refractivity contribution in [3.63, 3.8) is 0 Å². The fourth-order valence-electron chi connectivity index (χ4n) is 2.54. The minimum absolute atomic E-state index is 0.585. The number of hydrogen-bond acceptors (Lipinski definition) is 5. The number of rotatable bonds is 1. The van der Waals surface area contributed by atoms with E-state index in [1.54, 1.807) is 4.42 Å². The average Bonchev–Trinajstić information content (AvgIpc) is 2.59. The summed E-state index contributed by atoms with van der Waals surface area (Å²) in [4.78, 5) is -0.761. The minimum atomic E-state index is -0.761.